The summed E-state index contributed by atoms with van der Waals surface area (Å²) in [4.78, 5) is 0. The zero-order valence-corrected chi connectivity index (χ0v) is 7.25. The van der Waals surface area contributed by atoms with E-state index < -0.39 is 0 Å². The van der Waals surface area contributed by atoms with Crippen molar-refractivity contribution in [3.63, 3.8) is 0 Å². The molecular formula is C8H15N3. The van der Waals surface area contributed by atoms with Crippen molar-refractivity contribution in [2.45, 2.75) is 39.7 Å². The summed E-state index contributed by atoms with van der Waals surface area (Å²) in [6.45, 7) is 5.06. The van der Waals surface area contributed by atoms with Crippen molar-refractivity contribution in [3.05, 3.63) is 11.9 Å². The van der Waals surface area contributed by atoms with Crippen LogP contribution in [-0.2, 0) is 13.0 Å². The van der Waals surface area contributed by atoms with Gasteiger partial charge in [0.2, 0.25) is 0 Å². The molecule has 0 saturated heterocycles. The topological polar surface area (TPSA) is 30.7 Å². The van der Waals surface area contributed by atoms with E-state index >= 15 is 0 Å². The molecule has 0 saturated carbocycles. The summed E-state index contributed by atoms with van der Waals surface area (Å²) < 4.78 is 1.99. The summed E-state index contributed by atoms with van der Waals surface area (Å²) in [7, 11) is 0. The number of nitrogens with zero attached hydrogens (tertiary/aromatic N) is 3. The Kier molecular flexibility index (Phi) is 3.08. The van der Waals surface area contributed by atoms with Gasteiger partial charge in [0.05, 0.1) is 11.9 Å². The second-order valence-corrected chi connectivity index (χ2v) is 2.41. The van der Waals surface area contributed by atoms with Crippen LogP contribution >= 0.6 is 0 Å². The van der Waals surface area contributed by atoms with Crippen molar-refractivity contribution < 1.29 is 0 Å². The van der Waals surface area contributed by atoms with Gasteiger partial charge in [0, 0.05) is 6.54 Å². The van der Waals surface area contributed by atoms with Gasteiger partial charge in [-0.15, -0.1) is 5.10 Å². The van der Waals surface area contributed by atoms with Gasteiger partial charge in [0.15, 0.2) is 0 Å². The third-order valence-electron chi connectivity index (χ3n) is 1.75. The van der Waals surface area contributed by atoms with E-state index in [1.807, 2.05) is 24.7 Å². The first-order valence-electron chi connectivity index (χ1n) is 4.34. The van der Waals surface area contributed by atoms with Gasteiger partial charge in [0.1, 0.15) is 0 Å². The van der Waals surface area contributed by atoms with Crippen molar-refractivity contribution in [2.75, 3.05) is 0 Å². The fourth-order valence-electron chi connectivity index (χ4n) is 1.23. The van der Waals surface area contributed by atoms with Gasteiger partial charge in [-0.05, 0) is 19.3 Å². The monoisotopic (exact) mass is 153 g/mol. The maximum atomic E-state index is 3.92. The Morgan fingerprint density at radius 2 is 2.18 bits per heavy atom. The molecule has 0 aliphatic carbocycles. The van der Waals surface area contributed by atoms with E-state index in [-0.39, 0.29) is 0 Å². The normalized spacial score (nSPS) is 14.7. The zero-order valence-electron chi connectivity index (χ0n) is 7.25. The molecule has 0 unspecified atom stereocenters. The molecule has 0 amide bonds. The van der Waals surface area contributed by atoms with Gasteiger partial charge in [0.25, 0.3) is 0 Å². The van der Waals surface area contributed by atoms with E-state index in [2.05, 4.69) is 10.3 Å². The molecule has 1 aromatic rings. The van der Waals surface area contributed by atoms with Crippen LogP contribution < -0.4 is 0 Å². The summed E-state index contributed by atoms with van der Waals surface area (Å²) in [5.41, 5.74) is 1.29. The van der Waals surface area contributed by atoms with E-state index in [0.29, 0.717) is 0 Å². The van der Waals surface area contributed by atoms with Gasteiger partial charge in [-0.1, -0.05) is 19.1 Å². The fourth-order valence-corrected chi connectivity index (χ4v) is 1.23. The predicted molar refractivity (Wildman–Crippen MR) is 44.3 cm³/mol. The van der Waals surface area contributed by atoms with Crippen LogP contribution in [0.3, 0.4) is 0 Å². The molecule has 0 atom stereocenters. The maximum absolute atomic E-state index is 3.92. The smallest absolute Gasteiger partial charge is 0.0725 e. The average Bonchev–Trinajstić information content (AvgIpc) is 2.55. The molecule has 62 valence electrons. The molecule has 0 bridgehead atoms. The van der Waals surface area contributed by atoms with Crippen molar-refractivity contribution in [1.29, 1.82) is 0 Å². The second-order valence-electron chi connectivity index (χ2n) is 2.41. The first-order valence-corrected chi connectivity index (χ1v) is 4.34. The molecule has 0 N–H and O–H groups in total. The molecule has 0 aromatic carbocycles. The van der Waals surface area contributed by atoms with Crippen LogP contribution in [0.1, 0.15) is 32.4 Å². The Bertz CT molecular complexity index is 184. The lowest BCUT2D eigenvalue weighted by Crippen LogP contribution is -2.10. The van der Waals surface area contributed by atoms with Crippen molar-refractivity contribution >= 4 is 0 Å². The largest absolute Gasteiger partial charge is 0.249 e. The molecule has 11 heavy (non-hydrogen) atoms. The highest BCUT2D eigenvalue weighted by Gasteiger charge is 2.07. The Morgan fingerprint density at radius 3 is 2.91 bits per heavy atom. The summed E-state index contributed by atoms with van der Waals surface area (Å²) in [5, 5.41) is 7.74. The van der Waals surface area contributed by atoms with Gasteiger partial charge in [-0.2, -0.15) is 0 Å². The molecule has 1 aromatic heterocycles. The molecule has 1 aliphatic heterocycles. The van der Waals surface area contributed by atoms with Crippen molar-refractivity contribution in [1.82, 2.24) is 15.0 Å². The first-order chi connectivity index (χ1) is 5.47. The van der Waals surface area contributed by atoms with Gasteiger partial charge >= 0.3 is 0 Å². The van der Waals surface area contributed by atoms with E-state index in [9.17, 15) is 0 Å². The lowest BCUT2D eigenvalue weighted by atomic mass is 10.1. The quantitative estimate of drug-likeness (QED) is 0.567. The number of hydrogen-bond donors (Lipinski definition) is 0. The van der Waals surface area contributed by atoms with Crippen LogP contribution in [0.25, 0.3) is 0 Å². The summed E-state index contributed by atoms with van der Waals surface area (Å²) in [5.74, 6) is 0. The summed E-state index contributed by atoms with van der Waals surface area (Å²) in [6.07, 6.45) is 5.58. The van der Waals surface area contributed by atoms with Gasteiger partial charge in [-0.25, -0.2) is 4.68 Å². The van der Waals surface area contributed by atoms with Crippen LogP contribution in [0.2, 0.25) is 0 Å². The summed E-state index contributed by atoms with van der Waals surface area (Å²) in [6, 6.07) is 0. The Labute approximate surface area is 67.4 Å². The van der Waals surface area contributed by atoms with Crippen LogP contribution in [0.15, 0.2) is 6.20 Å². The minimum Gasteiger partial charge on any atom is -0.249 e. The number of aryl methyl sites for hydroxylation is 2. The van der Waals surface area contributed by atoms with Crippen LogP contribution in [0, 0.1) is 0 Å². The minimum atomic E-state index is 1.06. The zero-order chi connectivity index (χ0) is 8.10. The fraction of sp³-hybridized carbons (Fsp3) is 0.750. The first kappa shape index (κ1) is 8.24. The molecule has 2 heterocycles. The van der Waals surface area contributed by atoms with Crippen molar-refractivity contribution in [2.24, 2.45) is 0 Å². The highest BCUT2D eigenvalue weighted by molar-refractivity contribution is 4.95. The SMILES string of the molecule is CC.c1nnn2c1CCCC2. The Hall–Kier alpha value is -0.860. The molecular weight excluding hydrogens is 138 g/mol. The number of hydrogen-bond acceptors (Lipinski definition) is 2. The number of aromatic nitrogens is 3. The van der Waals surface area contributed by atoms with Gasteiger partial charge < -0.3 is 0 Å². The van der Waals surface area contributed by atoms with Gasteiger partial charge in [-0.3, -0.25) is 0 Å². The van der Waals surface area contributed by atoms with Crippen molar-refractivity contribution in [3.8, 4) is 0 Å². The van der Waals surface area contributed by atoms with E-state index in [0.717, 1.165) is 13.0 Å². The van der Waals surface area contributed by atoms with E-state index in [4.69, 9.17) is 0 Å². The van der Waals surface area contributed by atoms with Crippen LogP contribution in [0.5, 0.6) is 0 Å². The summed E-state index contributed by atoms with van der Waals surface area (Å²) >= 11 is 0. The standard InChI is InChI=1S/C6H9N3.C2H6/c1-2-4-9-6(3-1)5-7-8-9;1-2/h5H,1-4H2;1-2H3. The second kappa shape index (κ2) is 4.11. The highest BCUT2D eigenvalue weighted by Crippen LogP contribution is 2.10. The molecule has 0 radical (unpaired) electrons. The molecule has 0 fully saturated rings. The van der Waals surface area contributed by atoms with Crippen LogP contribution in [-0.4, -0.2) is 15.0 Å². The predicted octanol–water partition coefficient (Wildman–Crippen LogP) is 1.64. The lowest BCUT2D eigenvalue weighted by Gasteiger charge is -2.10. The number of rotatable bonds is 0. The minimum absolute atomic E-state index is 1.06. The molecule has 1 aliphatic rings. The third-order valence-corrected chi connectivity index (χ3v) is 1.75. The maximum Gasteiger partial charge on any atom is 0.0725 e. The molecule has 0 spiro atoms. The van der Waals surface area contributed by atoms with E-state index in [1.54, 1.807) is 0 Å². The third kappa shape index (κ3) is 1.79. The Morgan fingerprint density at radius 1 is 1.36 bits per heavy atom. The lowest BCUT2D eigenvalue weighted by molar-refractivity contribution is 0.476. The Balaban J connectivity index is 0.000000281. The molecule has 3 nitrogen and oxygen atoms in total. The number of fused-ring (bicyclic) bond motifs is 1. The molecule has 2 rings (SSSR count). The van der Waals surface area contributed by atoms with E-state index in [1.165, 1.54) is 18.5 Å². The van der Waals surface area contributed by atoms with Crippen LogP contribution in [0.4, 0.5) is 0 Å². The molecule has 3 heteroatoms. The average molecular weight is 153 g/mol. The highest BCUT2D eigenvalue weighted by atomic mass is 15.4.